The molecule has 0 aliphatic heterocycles. The fourth-order valence-electron chi connectivity index (χ4n) is 2.14. The van der Waals surface area contributed by atoms with E-state index in [9.17, 15) is 9.59 Å². The van der Waals surface area contributed by atoms with Gasteiger partial charge in [0, 0.05) is 11.3 Å². The Bertz CT molecular complexity index is 743. The van der Waals surface area contributed by atoms with Gasteiger partial charge in [-0.05, 0) is 57.9 Å². The van der Waals surface area contributed by atoms with Crippen molar-refractivity contribution in [1.82, 2.24) is 5.32 Å². The normalized spacial score (nSPS) is 11.4. The van der Waals surface area contributed by atoms with Crippen LogP contribution in [0.1, 0.15) is 44.0 Å². The molecule has 150 valence electrons. The number of hydrogen-bond donors (Lipinski definition) is 2. The molecule has 6 nitrogen and oxygen atoms in total. The zero-order valence-corrected chi connectivity index (χ0v) is 16.8. The van der Waals surface area contributed by atoms with Crippen molar-refractivity contribution < 1.29 is 14.3 Å². The van der Waals surface area contributed by atoms with E-state index in [1.54, 1.807) is 24.3 Å². The lowest BCUT2D eigenvalue weighted by molar-refractivity contribution is 0.112. The molecule has 1 amide bonds. The highest BCUT2D eigenvalue weighted by Crippen LogP contribution is 2.09. The maximum Gasteiger partial charge on any atom is 0.414 e. The molecular formula is C22H29N3O3. The Balaban J connectivity index is 2.78. The Morgan fingerprint density at radius 2 is 1.89 bits per heavy atom. The van der Waals surface area contributed by atoms with Gasteiger partial charge in [-0.15, -0.1) is 0 Å². The molecule has 0 radical (unpaired) electrons. The fourth-order valence-corrected chi connectivity index (χ4v) is 2.14. The smallest absolute Gasteiger partial charge is 0.414 e. The second-order valence-corrected chi connectivity index (χ2v) is 6.44. The molecule has 0 bridgehead atoms. The lowest BCUT2D eigenvalue weighted by atomic mass is 10.1. The molecular weight excluding hydrogens is 354 g/mol. The molecule has 0 atom stereocenters. The van der Waals surface area contributed by atoms with Crippen LogP contribution in [-0.2, 0) is 4.74 Å². The third-order valence-corrected chi connectivity index (χ3v) is 3.64. The minimum absolute atomic E-state index is 0.108. The van der Waals surface area contributed by atoms with E-state index in [4.69, 9.17) is 4.74 Å². The van der Waals surface area contributed by atoms with Gasteiger partial charge in [0.2, 0.25) is 5.96 Å². The SMILES string of the molecule is C=CCOC(=O)N/C(=N\C/C=C(\C)CCC=C(C)C)Nc1ccc(C=O)cc1. The molecule has 0 fully saturated rings. The Hall–Kier alpha value is -3.15. The van der Waals surface area contributed by atoms with E-state index in [2.05, 4.69) is 49.1 Å². The van der Waals surface area contributed by atoms with Crippen LogP contribution in [0.2, 0.25) is 0 Å². The van der Waals surface area contributed by atoms with Gasteiger partial charge in [0.1, 0.15) is 12.9 Å². The van der Waals surface area contributed by atoms with Gasteiger partial charge in [-0.3, -0.25) is 10.1 Å². The van der Waals surface area contributed by atoms with Gasteiger partial charge in [-0.25, -0.2) is 9.79 Å². The van der Waals surface area contributed by atoms with E-state index in [0.717, 1.165) is 19.1 Å². The lowest BCUT2D eigenvalue weighted by Gasteiger charge is -2.11. The minimum atomic E-state index is -0.625. The Kier molecular flexibility index (Phi) is 10.7. The van der Waals surface area contributed by atoms with Crippen molar-refractivity contribution in [2.45, 2.75) is 33.6 Å². The molecule has 0 aromatic heterocycles. The Morgan fingerprint density at radius 1 is 1.18 bits per heavy atom. The van der Waals surface area contributed by atoms with Gasteiger partial charge in [0.25, 0.3) is 0 Å². The van der Waals surface area contributed by atoms with E-state index in [1.807, 2.05) is 6.08 Å². The number of carbonyl (C=O) groups excluding carboxylic acids is 2. The highest BCUT2D eigenvalue weighted by molar-refractivity contribution is 6.02. The molecule has 2 N–H and O–H groups in total. The molecule has 6 heteroatoms. The van der Waals surface area contributed by atoms with Crippen LogP contribution in [0.25, 0.3) is 0 Å². The Morgan fingerprint density at radius 3 is 2.50 bits per heavy atom. The molecule has 28 heavy (non-hydrogen) atoms. The zero-order chi connectivity index (χ0) is 20.8. The van der Waals surface area contributed by atoms with Crippen LogP contribution < -0.4 is 10.6 Å². The average Bonchev–Trinajstić information content (AvgIpc) is 2.66. The summed E-state index contributed by atoms with van der Waals surface area (Å²) in [4.78, 5) is 27.0. The van der Waals surface area contributed by atoms with E-state index in [1.165, 1.54) is 17.2 Å². The van der Waals surface area contributed by atoms with Crippen LogP contribution in [0, 0.1) is 0 Å². The van der Waals surface area contributed by atoms with Crippen molar-refractivity contribution in [1.29, 1.82) is 0 Å². The van der Waals surface area contributed by atoms with Crippen molar-refractivity contribution in [3.05, 3.63) is 65.8 Å². The number of guanidine groups is 1. The minimum Gasteiger partial charge on any atom is -0.445 e. The summed E-state index contributed by atoms with van der Waals surface area (Å²) in [5.41, 5.74) is 3.79. The predicted molar refractivity (Wildman–Crippen MR) is 115 cm³/mol. The summed E-state index contributed by atoms with van der Waals surface area (Å²) in [5, 5.41) is 5.61. The first kappa shape index (κ1) is 22.9. The first-order chi connectivity index (χ1) is 13.4. The third kappa shape index (κ3) is 10.1. The summed E-state index contributed by atoms with van der Waals surface area (Å²) >= 11 is 0. The van der Waals surface area contributed by atoms with Crippen molar-refractivity contribution in [3.8, 4) is 0 Å². The first-order valence-electron chi connectivity index (χ1n) is 9.15. The molecule has 1 aromatic carbocycles. The number of carbonyl (C=O) groups is 2. The predicted octanol–water partition coefficient (Wildman–Crippen LogP) is 4.87. The number of anilines is 1. The van der Waals surface area contributed by atoms with E-state index in [-0.39, 0.29) is 12.6 Å². The van der Waals surface area contributed by atoms with Crippen LogP contribution in [0.3, 0.4) is 0 Å². The summed E-state index contributed by atoms with van der Waals surface area (Å²) in [6, 6.07) is 6.82. The van der Waals surface area contributed by atoms with Crippen molar-refractivity contribution in [3.63, 3.8) is 0 Å². The number of rotatable bonds is 9. The van der Waals surface area contributed by atoms with Crippen LogP contribution in [0.15, 0.2) is 65.2 Å². The highest BCUT2D eigenvalue weighted by atomic mass is 16.5. The maximum atomic E-state index is 11.8. The molecule has 0 aliphatic rings. The van der Waals surface area contributed by atoms with Crippen molar-refractivity contribution in [2.24, 2.45) is 4.99 Å². The number of allylic oxidation sites excluding steroid dienone is 3. The highest BCUT2D eigenvalue weighted by Gasteiger charge is 2.07. The van der Waals surface area contributed by atoms with Crippen LogP contribution in [0.4, 0.5) is 10.5 Å². The second-order valence-electron chi connectivity index (χ2n) is 6.44. The topological polar surface area (TPSA) is 79.8 Å². The molecule has 1 rings (SSSR count). The number of nitrogens with zero attached hydrogens (tertiary/aromatic N) is 1. The zero-order valence-electron chi connectivity index (χ0n) is 16.8. The molecule has 0 saturated carbocycles. The molecule has 0 aliphatic carbocycles. The number of aliphatic imine (C=N–C) groups is 1. The number of nitrogens with one attached hydrogen (secondary N) is 2. The molecule has 0 spiro atoms. The molecule has 0 heterocycles. The average molecular weight is 383 g/mol. The summed E-state index contributed by atoms with van der Waals surface area (Å²) in [5.74, 6) is 0.265. The van der Waals surface area contributed by atoms with Crippen LogP contribution >= 0.6 is 0 Å². The molecule has 0 unspecified atom stereocenters. The van der Waals surface area contributed by atoms with Crippen molar-refractivity contribution >= 4 is 24.0 Å². The molecule has 1 aromatic rings. The van der Waals surface area contributed by atoms with Crippen LogP contribution in [0.5, 0.6) is 0 Å². The van der Waals surface area contributed by atoms with Crippen molar-refractivity contribution in [2.75, 3.05) is 18.5 Å². The number of ether oxygens (including phenoxy) is 1. The summed E-state index contributed by atoms with van der Waals surface area (Å²) in [6.07, 6.45) is 7.81. The summed E-state index contributed by atoms with van der Waals surface area (Å²) < 4.78 is 4.94. The number of amides is 1. The van der Waals surface area contributed by atoms with Crippen LogP contribution in [-0.4, -0.2) is 31.5 Å². The Labute approximate surface area is 167 Å². The number of benzene rings is 1. The number of aldehydes is 1. The molecule has 0 saturated heterocycles. The van der Waals surface area contributed by atoms with Gasteiger partial charge in [0.05, 0.1) is 6.54 Å². The summed E-state index contributed by atoms with van der Waals surface area (Å²) in [7, 11) is 0. The lowest BCUT2D eigenvalue weighted by Crippen LogP contribution is -2.36. The van der Waals surface area contributed by atoms with E-state index in [0.29, 0.717) is 17.8 Å². The van der Waals surface area contributed by atoms with E-state index >= 15 is 0 Å². The second kappa shape index (κ2) is 13.1. The fraction of sp³-hybridized carbons (Fsp3) is 0.318. The largest absolute Gasteiger partial charge is 0.445 e. The first-order valence-corrected chi connectivity index (χ1v) is 9.15. The third-order valence-electron chi connectivity index (χ3n) is 3.64. The quantitative estimate of drug-likeness (QED) is 0.276. The number of hydrogen-bond acceptors (Lipinski definition) is 4. The van der Waals surface area contributed by atoms with Gasteiger partial charge < -0.3 is 10.1 Å². The monoisotopic (exact) mass is 383 g/mol. The number of alkyl carbamates (subject to hydrolysis) is 1. The summed E-state index contributed by atoms with van der Waals surface area (Å²) in [6.45, 7) is 10.3. The maximum absolute atomic E-state index is 11.8. The van der Waals surface area contributed by atoms with Gasteiger partial charge in [-0.1, -0.05) is 36.0 Å². The standard InChI is InChI=1S/C22H29N3O3/c1-5-15-28-22(27)25-21(24-20-11-9-19(16-26)10-12-20)23-14-13-18(4)8-6-7-17(2)3/h5,7,9-13,16H,1,6,8,14-15H2,2-4H3,(H2,23,24,25,27)/b18-13+. The van der Waals surface area contributed by atoms with Gasteiger partial charge in [0.15, 0.2) is 0 Å². The van der Waals surface area contributed by atoms with Gasteiger partial charge in [-0.2, -0.15) is 0 Å². The van der Waals surface area contributed by atoms with Gasteiger partial charge >= 0.3 is 6.09 Å². The van der Waals surface area contributed by atoms with E-state index < -0.39 is 6.09 Å².